The molecule has 0 aliphatic carbocycles. The summed E-state index contributed by atoms with van der Waals surface area (Å²) in [7, 11) is 1.64. The van der Waals surface area contributed by atoms with Gasteiger partial charge in [-0.05, 0) is 31.0 Å². The highest BCUT2D eigenvalue weighted by Gasteiger charge is 2.29. The van der Waals surface area contributed by atoms with E-state index < -0.39 is 0 Å². The normalized spacial score (nSPS) is 22.2. The lowest BCUT2D eigenvalue weighted by Gasteiger charge is -2.44. The van der Waals surface area contributed by atoms with Crippen LogP contribution in [-0.4, -0.2) is 74.7 Å². The van der Waals surface area contributed by atoms with E-state index in [9.17, 15) is 4.79 Å². The maximum atomic E-state index is 12.3. The topological polar surface area (TPSA) is 36.0 Å². The fourth-order valence-corrected chi connectivity index (χ4v) is 4.03. The number of hydrogen-bond acceptors (Lipinski definition) is 4. The molecule has 2 fully saturated rings. The number of rotatable bonds is 5. The van der Waals surface area contributed by atoms with E-state index in [0.717, 1.165) is 50.7 Å². The lowest BCUT2D eigenvalue weighted by Crippen LogP contribution is -2.56. The van der Waals surface area contributed by atoms with Crippen LogP contribution in [0.4, 0.5) is 5.69 Å². The first-order valence-corrected chi connectivity index (χ1v) is 9.56. The molecular formula is C19H28ClN3O2. The van der Waals surface area contributed by atoms with Crippen molar-refractivity contribution in [2.45, 2.75) is 25.3 Å². The van der Waals surface area contributed by atoms with Gasteiger partial charge in [-0.2, -0.15) is 0 Å². The zero-order valence-electron chi connectivity index (χ0n) is 15.0. The van der Waals surface area contributed by atoms with E-state index in [1.807, 2.05) is 23.1 Å². The molecule has 25 heavy (non-hydrogen) atoms. The van der Waals surface area contributed by atoms with Crippen LogP contribution in [0.5, 0.6) is 0 Å². The van der Waals surface area contributed by atoms with Crippen molar-refractivity contribution in [3.63, 3.8) is 0 Å². The van der Waals surface area contributed by atoms with Crippen LogP contribution < -0.4 is 4.90 Å². The third-order valence-electron chi connectivity index (χ3n) is 5.27. The van der Waals surface area contributed by atoms with Crippen LogP contribution in [0.15, 0.2) is 24.3 Å². The van der Waals surface area contributed by atoms with Gasteiger partial charge >= 0.3 is 0 Å². The number of carbonyl (C=O) groups is 1. The molecule has 5 nitrogen and oxygen atoms in total. The van der Waals surface area contributed by atoms with Gasteiger partial charge in [-0.15, -0.1) is 0 Å². The van der Waals surface area contributed by atoms with Gasteiger partial charge in [-0.1, -0.05) is 17.7 Å². The Morgan fingerprint density at radius 1 is 1.24 bits per heavy atom. The van der Waals surface area contributed by atoms with Crippen LogP contribution in [0.1, 0.15) is 19.3 Å². The Morgan fingerprint density at radius 3 is 2.76 bits per heavy atom. The summed E-state index contributed by atoms with van der Waals surface area (Å²) in [6.45, 7) is 6.36. The van der Waals surface area contributed by atoms with Crippen LogP contribution in [-0.2, 0) is 9.53 Å². The summed E-state index contributed by atoms with van der Waals surface area (Å²) in [6, 6.07) is 8.57. The van der Waals surface area contributed by atoms with Gasteiger partial charge in [0.05, 0.1) is 13.0 Å². The second-order valence-corrected chi connectivity index (χ2v) is 7.32. The largest absolute Gasteiger partial charge is 0.384 e. The SMILES string of the molecule is COCCC(=O)N1CCCC(N2CCN(c3cccc(Cl)c3)CC2)C1. The van der Waals surface area contributed by atoms with Gasteiger partial charge < -0.3 is 14.5 Å². The first-order chi connectivity index (χ1) is 12.2. The number of piperidine rings is 1. The Morgan fingerprint density at radius 2 is 2.04 bits per heavy atom. The Bertz CT molecular complexity index is 576. The molecule has 1 aromatic rings. The number of amides is 1. The minimum absolute atomic E-state index is 0.226. The Hall–Kier alpha value is -1.30. The quantitative estimate of drug-likeness (QED) is 0.803. The number of piperazine rings is 1. The van der Waals surface area contributed by atoms with Crippen molar-refractivity contribution in [1.82, 2.24) is 9.80 Å². The van der Waals surface area contributed by atoms with Crippen LogP contribution in [0.2, 0.25) is 5.02 Å². The standard InChI is InChI=1S/C19H28ClN3O2/c1-25-13-7-19(24)23-8-3-6-18(15-23)22-11-9-21(10-12-22)17-5-2-4-16(20)14-17/h2,4-5,14,18H,3,6-13,15H2,1H3. The van der Waals surface area contributed by atoms with Gasteiger partial charge in [0.1, 0.15) is 0 Å². The van der Waals surface area contributed by atoms with Crippen LogP contribution in [0, 0.1) is 0 Å². The molecule has 0 aromatic heterocycles. The Kier molecular flexibility index (Phi) is 6.57. The first kappa shape index (κ1) is 18.5. The number of likely N-dealkylation sites (tertiary alicyclic amines) is 1. The smallest absolute Gasteiger partial charge is 0.224 e. The number of hydrogen-bond donors (Lipinski definition) is 0. The number of methoxy groups -OCH3 is 1. The fourth-order valence-electron chi connectivity index (χ4n) is 3.84. The van der Waals surface area contributed by atoms with Gasteiger partial charge in [0.2, 0.25) is 5.91 Å². The van der Waals surface area contributed by atoms with E-state index >= 15 is 0 Å². The second kappa shape index (κ2) is 8.88. The molecule has 1 atom stereocenters. The zero-order valence-corrected chi connectivity index (χ0v) is 15.7. The summed E-state index contributed by atoms with van der Waals surface area (Å²) in [6.07, 6.45) is 2.77. The van der Waals surface area contributed by atoms with Gasteiger partial charge in [0.25, 0.3) is 0 Å². The number of benzene rings is 1. The molecule has 0 saturated carbocycles. The van der Waals surface area contributed by atoms with E-state index in [1.165, 1.54) is 12.1 Å². The molecule has 1 aromatic carbocycles. The second-order valence-electron chi connectivity index (χ2n) is 6.88. The molecular weight excluding hydrogens is 338 g/mol. The van der Waals surface area contributed by atoms with E-state index in [2.05, 4.69) is 15.9 Å². The molecule has 0 radical (unpaired) electrons. The highest BCUT2D eigenvalue weighted by atomic mass is 35.5. The summed E-state index contributed by atoms with van der Waals surface area (Å²) in [4.78, 5) is 19.2. The monoisotopic (exact) mass is 365 g/mol. The van der Waals surface area contributed by atoms with Gasteiger partial charge in [0.15, 0.2) is 0 Å². The van der Waals surface area contributed by atoms with Crippen molar-refractivity contribution in [3.05, 3.63) is 29.3 Å². The highest BCUT2D eigenvalue weighted by Crippen LogP contribution is 2.23. The molecule has 1 amide bonds. The van der Waals surface area contributed by atoms with Crippen molar-refractivity contribution < 1.29 is 9.53 Å². The average molecular weight is 366 g/mol. The first-order valence-electron chi connectivity index (χ1n) is 9.18. The van der Waals surface area contributed by atoms with Crippen LogP contribution >= 0.6 is 11.6 Å². The molecule has 0 spiro atoms. The minimum Gasteiger partial charge on any atom is -0.384 e. The third kappa shape index (κ3) is 4.87. The molecule has 0 bridgehead atoms. The molecule has 6 heteroatoms. The molecule has 2 aliphatic heterocycles. The van der Waals surface area contributed by atoms with E-state index in [4.69, 9.17) is 16.3 Å². The van der Waals surface area contributed by atoms with Crippen molar-refractivity contribution >= 4 is 23.2 Å². The van der Waals surface area contributed by atoms with Gasteiger partial charge in [-0.25, -0.2) is 0 Å². The number of anilines is 1. The summed E-state index contributed by atoms with van der Waals surface area (Å²) in [5.41, 5.74) is 1.20. The Labute approximate surface area is 155 Å². The predicted molar refractivity (Wildman–Crippen MR) is 101 cm³/mol. The zero-order chi connectivity index (χ0) is 17.6. The summed E-state index contributed by atoms with van der Waals surface area (Å²) >= 11 is 6.11. The van der Waals surface area contributed by atoms with Crippen molar-refractivity contribution in [2.24, 2.45) is 0 Å². The minimum atomic E-state index is 0.226. The summed E-state index contributed by atoms with van der Waals surface area (Å²) in [5, 5.41) is 0.789. The van der Waals surface area contributed by atoms with E-state index in [1.54, 1.807) is 7.11 Å². The molecule has 2 aliphatic rings. The lowest BCUT2D eigenvalue weighted by atomic mass is 10.0. The molecule has 3 rings (SSSR count). The highest BCUT2D eigenvalue weighted by molar-refractivity contribution is 6.30. The molecule has 0 N–H and O–H groups in total. The summed E-state index contributed by atoms with van der Waals surface area (Å²) < 4.78 is 5.04. The molecule has 2 heterocycles. The Balaban J connectivity index is 1.51. The number of carbonyl (C=O) groups excluding carboxylic acids is 1. The fraction of sp³-hybridized carbons (Fsp3) is 0.632. The maximum absolute atomic E-state index is 12.3. The molecule has 1 unspecified atom stereocenters. The van der Waals surface area contributed by atoms with E-state index in [0.29, 0.717) is 19.1 Å². The number of ether oxygens (including phenoxy) is 1. The van der Waals surface area contributed by atoms with Crippen LogP contribution in [0.3, 0.4) is 0 Å². The number of nitrogens with zero attached hydrogens (tertiary/aromatic N) is 3. The number of halogens is 1. The predicted octanol–water partition coefficient (Wildman–Crippen LogP) is 2.49. The van der Waals surface area contributed by atoms with E-state index in [-0.39, 0.29) is 5.91 Å². The van der Waals surface area contributed by atoms with Crippen LogP contribution in [0.25, 0.3) is 0 Å². The summed E-state index contributed by atoms with van der Waals surface area (Å²) in [5.74, 6) is 0.226. The third-order valence-corrected chi connectivity index (χ3v) is 5.51. The van der Waals surface area contributed by atoms with Gasteiger partial charge in [0, 0.05) is 63.1 Å². The maximum Gasteiger partial charge on any atom is 0.224 e. The van der Waals surface area contributed by atoms with Gasteiger partial charge in [-0.3, -0.25) is 9.69 Å². The van der Waals surface area contributed by atoms with Crippen molar-refractivity contribution in [1.29, 1.82) is 0 Å². The van der Waals surface area contributed by atoms with Crippen molar-refractivity contribution in [2.75, 3.05) is 57.9 Å². The molecule has 2 saturated heterocycles. The molecule has 138 valence electrons. The van der Waals surface area contributed by atoms with Crippen molar-refractivity contribution in [3.8, 4) is 0 Å². The average Bonchev–Trinajstić information content (AvgIpc) is 2.66. The lowest BCUT2D eigenvalue weighted by molar-refractivity contribution is -0.134.